The molecular formula is C15H23N7O2. The van der Waals surface area contributed by atoms with E-state index in [1.54, 1.807) is 11.0 Å². The fourth-order valence-electron chi connectivity index (χ4n) is 2.73. The number of rotatable bonds is 7. The molecule has 3 heterocycles. The molecule has 1 N–H and O–H groups in total. The Kier molecular flexibility index (Phi) is 5.52. The Bertz CT molecular complexity index is 640. The van der Waals surface area contributed by atoms with Gasteiger partial charge in [-0.25, -0.2) is 9.97 Å². The summed E-state index contributed by atoms with van der Waals surface area (Å²) in [6.45, 7) is 4.42. The third-order valence-corrected chi connectivity index (χ3v) is 3.99. The molecule has 0 unspecified atom stereocenters. The second-order valence-electron chi connectivity index (χ2n) is 5.85. The first-order valence-corrected chi connectivity index (χ1v) is 8.39. The highest BCUT2D eigenvalue weighted by atomic mass is 16.5. The highest BCUT2D eigenvalue weighted by molar-refractivity contribution is 5.76. The first kappa shape index (κ1) is 16.6. The molecule has 0 bridgehead atoms. The van der Waals surface area contributed by atoms with Gasteiger partial charge in [-0.2, -0.15) is 10.2 Å². The monoisotopic (exact) mass is 333 g/mol. The van der Waals surface area contributed by atoms with Crippen molar-refractivity contribution in [3.63, 3.8) is 0 Å². The van der Waals surface area contributed by atoms with Crippen molar-refractivity contribution in [1.29, 1.82) is 0 Å². The molecule has 3 rings (SSSR count). The maximum absolute atomic E-state index is 12.4. The minimum atomic E-state index is -0.250. The highest BCUT2D eigenvalue weighted by Crippen LogP contribution is 2.20. The molecule has 2 aromatic rings. The third kappa shape index (κ3) is 4.16. The number of H-pyrrole nitrogens is 1. The van der Waals surface area contributed by atoms with Gasteiger partial charge in [-0.15, -0.1) is 0 Å². The van der Waals surface area contributed by atoms with Gasteiger partial charge in [0, 0.05) is 25.9 Å². The number of hydrogen-bond acceptors (Lipinski definition) is 6. The zero-order chi connectivity index (χ0) is 16.8. The second-order valence-corrected chi connectivity index (χ2v) is 5.85. The predicted molar refractivity (Wildman–Crippen MR) is 84.9 cm³/mol. The van der Waals surface area contributed by atoms with E-state index in [0.717, 1.165) is 25.1 Å². The van der Waals surface area contributed by atoms with Crippen LogP contribution in [-0.4, -0.2) is 60.4 Å². The molecule has 1 atom stereocenters. The maximum atomic E-state index is 12.4. The first-order chi connectivity index (χ1) is 11.8. The molecule has 9 heteroatoms. The number of hydrogen-bond donors (Lipinski definition) is 1. The van der Waals surface area contributed by atoms with Crippen molar-refractivity contribution in [3.8, 4) is 0 Å². The van der Waals surface area contributed by atoms with Gasteiger partial charge in [-0.1, -0.05) is 6.92 Å². The van der Waals surface area contributed by atoms with E-state index in [1.165, 1.54) is 6.33 Å². The number of carbonyl (C=O) groups is 1. The summed E-state index contributed by atoms with van der Waals surface area (Å²) in [5.74, 6) is 1.64. The SMILES string of the molecule is CCCc1nc([C@@H]2CN(C(=O)CCCn3cncn3)CCO2)n[nH]1. The number of nitrogens with zero attached hydrogens (tertiary/aromatic N) is 6. The largest absolute Gasteiger partial charge is 0.366 e. The molecule has 1 fully saturated rings. The van der Waals surface area contributed by atoms with E-state index in [1.807, 2.05) is 4.90 Å². The quantitative estimate of drug-likeness (QED) is 0.801. The van der Waals surface area contributed by atoms with Crippen LogP contribution in [-0.2, 0) is 22.5 Å². The van der Waals surface area contributed by atoms with E-state index in [-0.39, 0.29) is 12.0 Å². The fraction of sp³-hybridized carbons (Fsp3) is 0.667. The van der Waals surface area contributed by atoms with Gasteiger partial charge in [0.05, 0.1) is 13.2 Å². The summed E-state index contributed by atoms with van der Waals surface area (Å²) in [5.41, 5.74) is 0. The van der Waals surface area contributed by atoms with Crippen molar-refractivity contribution in [1.82, 2.24) is 34.8 Å². The predicted octanol–water partition coefficient (Wildman–Crippen LogP) is 0.729. The summed E-state index contributed by atoms with van der Waals surface area (Å²) in [5, 5.41) is 11.2. The van der Waals surface area contributed by atoms with Gasteiger partial charge in [-0.05, 0) is 12.8 Å². The normalized spacial score (nSPS) is 18.0. The minimum Gasteiger partial charge on any atom is -0.366 e. The van der Waals surface area contributed by atoms with E-state index in [2.05, 4.69) is 32.2 Å². The molecular weight excluding hydrogens is 310 g/mol. The molecule has 9 nitrogen and oxygen atoms in total. The molecule has 0 spiro atoms. The van der Waals surface area contributed by atoms with E-state index in [9.17, 15) is 4.79 Å². The van der Waals surface area contributed by atoms with Gasteiger partial charge in [0.2, 0.25) is 5.91 Å². The average molecular weight is 333 g/mol. The van der Waals surface area contributed by atoms with Gasteiger partial charge in [-0.3, -0.25) is 14.6 Å². The highest BCUT2D eigenvalue weighted by Gasteiger charge is 2.27. The Hall–Kier alpha value is -2.29. The van der Waals surface area contributed by atoms with Gasteiger partial charge >= 0.3 is 0 Å². The summed E-state index contributed by atoms with van der Waals surface area (Å²) in [7, 11) is 0. The van der Waals surface area contributed by atoms with E-state index in [4.69, 9.17) is 4.74 Å². The van der Waals surface area contributed by atoms with Crippen LogP contribution in [0.25, 0.3) is 0 Å². The van der Waals surface area contributed by atoms with E-state index in [0.29, 0.717) is 38.5 Å². The van der Waals surface area contributed by atoms with Crippen LogP contribution >= 0.6 is 0 Å². The Labute approximate surface area is 140 Å². The number of aromatic amines is 1. The lowest BCUT2D eigenvalue weighted by atomic mass is 10.2. The van der Waals surface area contributed by atoms with Gasteiger partial charge in [0.25, 0.3) is 0 Å². The Morgan fingerprint density at radius 2 is 2.42 bits per heavy atom. The Morgan fingerprint density at radius 3 is 3.21 bits per heavy atom. The summed E-state index contributed by atoms with van der Waals surface area (Å²) < 4.78 is 7.47. The number of aryl methyl sites for hydroxylation is 2. The third-order valence-electron chi connectivity index (χ3n) is 3.99. The van der Waals surface area contributed by atoms with Crippen molar-refractivity contribution in [3.05, 3.63) is 24.3 Å². The number of amides is 1. The lowest BCUT2D eigenvalue weighted by Gasteiger charge is -2.31. The number of carbonyl (C=O) groups excluding carboxylic acids is 1. The van der Waals surface area contributed by atoms with Gasteiger partial charge in [0.1, 0.15) is 24.6 Å². The molecule has 0 radical (unpaired) electrons. The van der Waals surface area contributed by atoms with Crippen molar-refractivity contribution in [2.24, 2.45) is 0 Å². The zero-order valence-electron chi connectivity index (χ0n) is 13.9. The smallest absolute Gasteiger partial charge is 0.222 e. The molecule has 24 heavy (non-hydrogen) atoms. The van der Waals surface area contributed by atoms with Crippen LogP contribution in [0.3, 0.4) is 0 Å². The van der Waals surface area contributed by atoms with Gasteiger partial charge in [0.15, 0.2) is 5.82 Å². The van der Waals surface area contributed by atoms with Gasteiger partial charge < -0.3 is 9.64 Å². The van der Waals surface area contributed by atoms with Crippen LogP contribution in [0.5, 0.6) is 0 Å². The van der Waals surface area contributed by atoms with Crippen molar-refractivity contribution in [2.45, 2.75) is 45.3 Å². The lowest BCUT2D eigenvalue weighted by Crippen LogP contribution is -2.42. The topological polar surface area (TPSA) is 102 Å². The van der Waals surface area contributed by atoms with Crippen LogP contribution in [0.1, 0.15) is 43.9 Å². The van der Waals surface area contributed by atoms with E-state index >= 15 is 0 Å². The lowest BCUT2D eigenvalue weighted by molar-refractivity contribution is -0.139. The molecule has 0 aromatic carbocycles. The Morgan fingerprint density at radius 1 is 1.50 bits per heavy atom. The molecule has 0 saturated carbocycles. The molecule has 130 valence electrons. The van der Waals surface area contributed by atoms with Crippen LogP contribution in [0.4, 0.5) is 0 Å². The fourth-order valence-corrected chi connectivity index (χ4v) is 2.73. The summed E-state index contributed by atoms with van der Waals surface area (Å²) >= 11 is 0. The summed E-state index contributed by atoms with van der Waals surface area (Å²) in [6.07, 6.45) is 6.01. The van der Waals surface area contributed by atoms with Crippen LogP contribution < -0.4 is 0 Å². The standard InChI is InChI=1S/C15H23N7O2/c1-2-4-13-18-15(20-19-13)12-9-21(7-8-24-12)14(23)5-3-6-22-11-16-10-17-22/h10-12H,2-9H2,1H3,(H,18,19,20)/t12-/m0/s1. The number of morpholine rings is 1. The van der Waals surface area contributed by atoms with Crippen LogP contribution in [0.2, 0.25) is 0 Å². The molecule has 1 aliphatic heterocycles. The summed E-state index contributed by atoms with van der Waals surface area (Å²) in [6, 6.07) is 0. The molecule has 1 aliphatic rings. The molecule has 0 aliphatic carbocycles. The van der Waals surface area contributed by atoms with Crippen molar-refractivity contribution < 1.29 is 9.53 Å². The molecule has 2 aromatic heterocycles. The van der Waals surface area contributed by atoms with Crippen molar-refractivity contribution in [2.75, 3.05) is 19.7 Å². The molecule has 1 saturated heterocycles. The maximum Gasteiger partial charge on any atom is 0.222 e. The van der Waals surface area contributed by atoms with Crippen LogP contribution in [0.15, 0.2) is 12.7 Å². The first-order valence-electron chi connectivity index (χ1n) is 8.39. The van der Waals surface area contributed by atoms with E-state index < -0.39 is 0 Å². The molecule has 1 amide bonds. The average Bonchev–Trinajstić information content (AvgIpc) is 3.27. The summed E-state index contributed by atoms with van der Waals surface area (Å²) in [4.78, 5) is 22.6. The van der Waals surface area contributed by atoms with Crippen molar-refractivity contribution >= 4 is 5.91 Å². The minimum absolute atomic E-state index is 0.132. The van der Waals surface area contributed by atoms with Crippen LogP contribution in [0, 0.1) is 0 Å². The second kappa shape index (κ2) is 8.00. The number of ether oxygens (including phenoxy) is 1. The Balaban J connectivity index is 1.49. The zero-order valence-corrected chi connectivity index (χ0v) is 13.9. The number of aromatic nitrogens is 6. The number of nitrogens with one attached hydrogen (secondary N) is 1.